The topological polar surface area (TPSA) is 84.2 Å². The average molecular weight is 291 g/mol. The maximum Gasteiger partial charge on any atom is 0.242 e. The number of hydrogen-bond acceptors (Lipinski definition) is 4. The van der Waals surface area contributed by atoms with Gasteiger partial charge in [0.2, 0.25) is 10.0 Å². The minimum Gasteiger partial charge on any atom is -0.323 e. The van der Waals surface area contributed by atoms with Gasteiger partial charge >= 0.3 is 0 Å². The summed E-state index contributed by atoms with van der Waals surface area (Å²) in [4.78, 5) is 0.149. The number of nitrogen functional groups attached to an aromatic ring is 1. The van der Waals surface area contributed by atoms with Gasteiger partial charge in [-0.05, 0) is 24.1 Å². The normalized spacial score (nSPS) is 11.2. The van der Waals surface area contributed by atoms with E-state index in [0.29, 0.717) is 18.7 Å². The molecule has 2 aromatic carbocycles. The van der Waals surface area contributed by atoms with Crippen LogP contribution in [-0.4, -0.2) is 15.0 Å². The van der Waals surface area contributed by atoms with Crippen molar-refractivity contribution in [3.63, 3.8) is 0 Å². The summed E-state index contributed by atoms with van der Waals surface area (Å²) >= 11 is 0. The standard InChI is InChI=1S/C14H17N3O2S/c15-17-13-8-4-5-9-14(13)20(18,19)16-11-10-12-6-2-1-3-7-12/h1-9,16-17H,10-11,15H2. The Labute approximate surface area is 118 Å². The van der Waals surface area contributed by atoms with Crippen molar-refractivity contribution >= 4 is 15.7 Å². The minimum atomic E-state index is -3.57. The zero-order valence-corrected chi connectivity index (χ0v) is 11.7. The highest BCUT2D eigenvalue weighted by Crippen LogP contribution is 2.19. The second-order valence-electron chi connectivity index (χ2n) is 4.27. The van der Waals surface area contributed by atoms with E-state index in [1.54, 1.807) is 18.2 Å². The zero-order chi connectivity index (χ0) is 14.4. The van der Waals surface area contributed by atoms with Crippen LogP contribution in [0.25, 0.3) is 0 Å². The minimum absolute atomic E-state index is 0.149. The van der Waals surface area contributed by atoms with Crippen LogP contribution < -0.4 is 16.0 Å². The van der Waals surface area contributed by atoms with Gasteiger partial charge < -0.3 is 5.43 Å². The van der Waals surface area contributed by atoms with Crippen LogP contribution in [0.5, 0.6) is 0 Å². The molecule has 0 saturated carbocycles. The van der Waals surface area contributed by atoms with Gasteiger partial charge in [0, 0.05) is 6.54 Å². The molecular weight excluding hydrogens is 274 g/mol. The molecular formula is C14H17N3O2S. The lowest BCUT2D eigenvalue weighted by Crippen LogP contribution is -2.27. The molecule has 0 spiro atoms. The lowest BCUT2D eigenvalue weighted by molar-refractivity contribution is 0.582. The van der Waals surface area contributed by atoms with Crippen molar-refractivity contribution in [1.29, 1.82) is 0 Å². The molecule has 0 bridgehead atoms. The van der Waals surface area contributed by atoms with Crippen molar-refractivity contribution in [1.82, 2.24) is 4.72 Å². The lowest BCUT2D eigenvalue weighted by atomic mass is 10.2. The highest BCUT2D eigenvalue weighted by molar-refractivity contribution is 7.89. The van der Waals surface area contributed by atoms with Gasteiger partial charge in [-0.3, -0.25) is 5.84 Å². The van der Waals surface area contributed by atoms with Gasteiger partial charge in [0.15, 0.2) is 0 Å². The molecule has 20 heavy (non-hydrogen) atoms. The Morgan fingerprint density at radius 3 is 2.30 bits per heavy atom. The second kappa shape index (κ2) is 6.51. The smallest absolute Gasteiger partial charge is 0.242 e. The number of rotatable bonds is 6. The van der Waals surface area contributed by atoms with Gasteiger partial charge in [0.05, 0.1) is 5.69 Å². The fraction of sp³-hybridized carbons (Fsp3) is 0.143. The quantitative estimate of drug-likeness (QED) is 0.556. The molecule has 0 unspecified atom stereocenters. The van der Waals surface area contributed by atoms with Crippen molar-refractivity contribution in [3.8, 4) is 0 Å². The molecule has 0 saturated heterocycles. The lowest BCUT2D eigenvalue weighted by Gasteiger charge is -2.10. The van der Waals surface area contributed by atoms with E-state index in [0.717, 1.165) is 5.56 Å². The summed E-state index contributed by atoms with van der Waals surface area (Å²) in [5.41, 5.74) is 3.85. The van der Waals surface area contributed by atoms with Crippen LogP contribution in [0.2, 0.25) is 0 Å². The number of nitrogens with two attached hydrogens (primary N) is 1. The predicted octanol–water partition coefficient (Wildman–Crippen LogP) is 1.49. The molecule has 106 valence electrons. The van der Waals surface area contributed by atoms with Crippen LogP contribution in [0.4, 0.5) is 5.69 Å². The van der Waals surface area contributed by atoms with E-state index < -0.39 is 10.0 Å². The molecule has 5 nitrogen and oxygen atoms in total. The highest BCUT2D eigenvalue weighted by atomic mass is 32.2. The molecule has 0 aliphatic rings. The van der Waals surface area contributed by atoms with E-state index in [9.17, 15) is 8.42 Å². The molecule has 2 aromatic rings. The van der Waals surface area contributed by atoms with E-state index in [1.807, 2.05) is 30.3 Å². The fourth-order valence-electron chi connectivity index (χ4n) is 1.87. The Balaban J connectivity index is 2.04. The molecule has 0 heterocycles. The van der Waals surface area contributed by atoms with E-state index in [2.05, 4.69) is 10.1 Å². The first kappa shape index (κ1) is 14.5. The summed E-state index contributed by atoms with van der Waals surface area (Å²) in [5, 5.41) is 0. The first-order chi connectivity index (χ1) is 9.63. The average Bonchev–Trinajstić information content (AvgIpc) is 2.48. The van der Waals surface area contributed by atoms with Crippen LogP contribution in [-0.2, 0) is 16.4 Å². The fourth-order valence-corrected chi connectivity index (χ4v) is 3.07. The van der Waals surface area contributed by atoms with Crippen molar-refractivity contribution in [3.05, 3.63) is 60.2 Å². The molecule has 0 aliphatic carbocycles. The number of anilines is 1. The summed E-state index contributed by atoms with van der Waals surface area (Å²) in [7, 11) is -3.57. The van der Waals surface area contributed by atoms with Gasteiger partial charge in [-0.2, -0.15) is 0 Å². The SMILES string of the molecule is NNc1ccccc1S(=O)(=O)NCCc1ccccc1. The van der Waals surface area contributed by atoms with Crippen LogP contribution >= 0.6 is 0 Å². The number of hydrogen-bond donors (Lipinski definition) is 3. The third-order valence-corrected chi connectivity index (χ3v) is 4.40. The van der Waals surface area contributed by atoms with Gasteiger partial charge in [-0.15, -0.1) is 0 Å². The molecule has 0 fully saturated rings. The zero-order valence-electron chi connectivity index (χ0n) is 10.9. The van der Waals surface area contributed by atoms with Crippen molar-refractivity contribution in [2.45, 2.75) is 11.3 Å². The number of hydrazine groups is 1. The summed E-state index contributed by atoms with van der Waals surface area (Å²) in [6, 6.07) is 16.2. The van der Waals surface area contributed by atoms with Crippen molar-refractivity contribution in [2.75, 3.05) is 12.0 Å². The molecule has 0 aliphatic heterocycles. The maximum atomic E-state index is 12.2. The number of benzene rings is 2. The Hall–Kier alpha value is -1.89. The second-order valence-corrected chi connectivity index (χ2v) is 6.01. The molecule has 0 aromatic heterocycles. The number of nitrogens with one attached hydrogen (secondary N) is 2. The Kier molecular flexibility index (Phi) is 4.73. The van der Waals surface area contributed by atoms with E-state index in [-0.39, 0.29) is 4.90 Å². The summed E-state index contributed by atoms with van der Waals surface area (Å²) in [6.45, 7) is 0.339. The summed E-state index contributed by atoms with van der Waals surface area (Å²) in [5.74, 6) is 5.32. The first-order valence-corrected chi connectivity index (χ1v) is 7.71. The molecule has 0 atom stereocenters. The largest absolute Gasteiger partial charge is 0.323 e. The molecule has 6 heteroatoms. The monoisotopic (exact) mass is 291 g/mol. The van der Waals surface area contributed by atoms with Gasteiger partial charge in [0.25, 0.3) is 0 Å². The van der Waals surface area contributed by atoms with Gasteiger partial charge in [0.1, 0.15) is 4.90 Å². The Morgan fingerprint density at radius 1 is 0.950 bits per heavy atom. The van der Waals surface area contributed by atoms with Crippen LogP contribution in [0.15, 0.2) is 59.5 Å². The summed E-state index contributed by atoms with van der Waals surface area (Å²) in [6.07, 6.45) is 0.637. The van der Waals surface area contributed by atoms with E-state index in [1.165, 1.54) is 6.07 Å². The Morgan fingerprint density at radius 2 is 1.60 bits per heavy atom. The molecule has 4 N–H and O–H groups in total. The van der Waals surface area contributed by atoms with Crippen molar-refractivity contribution < 1.29 is 8.42 Å². The number of para-hydroxylation sites is 1. The van der Waals surface area contributed by atoms with Crippen LogP contribution in [0, 0.1) is 0 Å². The third-order valence-electron chi connectivity index (χ3n) is 2.88. The van der Waals surface area contributed by atoms with Crippen molar-refractivity contribution in [2.24, 2.45) is 5.84 Å². The van der Waals surface area contributed by atoms with Gasteiger partial charge in [-0.25, -0.2) is 13.1 Å². The molecule has 2 rings (SSSR count). The van der Waals surface area contributed by atoms with Gasteiger partial charge in [-0.1, -0.05) is 42.5 Å². The molecule has 0 radical (unpaired) electrons. The summed E-state index contributed by atoms with van der Waals surface area (Å²) < 4.78 is 27.0. The van der Waals surface area contributed by atoms with E-state index >= 15 is 0 Å². The van der Waals surface area contributed by atoms with Crippen LogP contribution in [0.3, 0.4) is 0 Å². The maximum absolute atomic E-state index is 12.2. The highest BCUT2D eigenvalue weighted by Gasteiger charge is 2.16. The van der Waals surface area contributed by atoms with E-state index in [4.69, 9.17) is 5.84 Å². The first-order valence-electron chi connectivity index (χ1n) is 6.23. The molecule has 0 amide bonds. The Bertz CT molecular complexity index is 657. The van der Waals surface area contributed by atoms with Crippen LogP contribution in [0.1, 0.15) is 5.56 Å². The third kappa shape index (κ3) is 3.57. The predicted molar refractivity (Wildman–Crippen MR) is 79.6 cm³/mol. The number of sulfonamides is 1.